The standard InChI is InChI=1S/C11H11F6NO/c1-6(10(12,13)14)19-5-7-2-3-8(18)4-9(7)11(15,16)17/h2-4,6H,5,18H2,1H3. The molecule has 19 heavy (non-hydrogen) atoms. The quantitative estimate of drug-likeness (QED) is 0.678. The number of halogens is 6. The van der Waals surface area contributed by atoms with Crippen molar-refractivity contribution in [3.05, 3.63) is 29.3 Å². The van der Waals surface area contributed by atoms with Crippen LogP contribution in [0.2, 0.25) is 0 Å². The summed E-state index contributed by atoms with van der Waals surface area (Å²) in [5.74, 6) is 0. The van der Waals surface area contributed by atoms with Crippen molar-refractivity contribution in [2.75, 3.05) is 5.73 Å². The zero-order valence-electron chi connectivity index (χ0n) is 9.77. The monoisotopic (exact) mass is 287 g/mol. The summed E-state index contributed by atoms with van der Waals surface area (Å²) in [6, 6.07) is 2.84. The van der Waals surface area contributed by atoms with E-state index in [9.17, 15) is 26.3 Å². The van der Waals surface area contributed by atoms with Crippen LogP contribution >= 0.6 is 0 Å². The Hall–Kier alpha value is -1.44. The maximum Gasteiger partial charge on any atom is 0.416 e. The minimum atomic E-state index is -4.70. The lowest BCUT2D eigenvalue weighted by Crippen LogP contribution is -2.28. The molecule has 0 aromatic heterocycles. The third-order valence-corrected chi connectivity index (χ3v) is 2.39. The van der Waals surface area contributed by atoms with Gasteiger partial charge in [0.15, 0.2) is 6.10 Å². The summed E-state index contributed by atoms with van der Waals surface area (Å²) in [6.45, 7) is -0.0691. The zero-order chi connectivity index (χ0) is 14.8. The molecule has 0 radical (unpaired) electrons. The van der Waals surface area contributed by atoms with Gasteiger partial charge in [0.1, 0.15) is 0 Å². The summed E-state index contributed by atoms with van der Waals surface area (Å²) >= 11 is 0. The molecule has 0 aliphatic heterocycles. The number of nitrogens with two attached hydrogens (primary N) is 1. The predicted octanol–water partition coefficient (Wildman–Crippen LogP) is 3.76. The van der Waals surface area contributed by atoms with E-state index in [-0.39, 0.29) is 5.69 Å². The molecule has 108 valence electrons. The molecule has 0 amide bonds. The molecular weight excluding hydrogens is 276 g/mol. The highest BCUT2D eigenvalue weighted by molar-refractivity contribution is 5.45. The van der Waals surface area contributed by atoms with Gasteiger partial charge in [0.2, 0.25) is 0 Å². The molecule has 0 saturated heterocycles. The molecule has 1 aromatic rings. The minimum absolute atomic E-state index is 0.125. The maximum absolute atomic E-state index is 12.7. The summed E-state index contributed by atoms with van der Waals surface area (Å²) in [7, 11) is 0. The first-order valence-electron chi connectivity index (χ1n) is 5.15. The Morgan fingerprint density at radius 1 is 1.16 bits per heavy atom. The van der Waals surface area contributed by atoms with Crippen LogP contribution in [0.25, 0.3) is 0 Å². The van der Waals surface area contributed by atoms with Crippen LogP contribution in [0.5, 0.6) is 0 Å². The van der Waals surface area contributed by atoms with Crippen LogP contribution in [0.1, 0.15) is 18.1 Å². The fraction of sp³-hybridized carbons (Fsp3) is 0.455. The fourth-order valence-corrected chi connectivity index (χ4v) is 1.29. The molecule has 0 fully saturated rings. The van der Waals surface area contributed by atoms with Gasteiger partial charge in [0, 0.05) is 5.69 Å². The molecule has 0 aliphatic rings. The van der Waals surface area contributed by atoms with Crippen LogP contribution < -0.4 is 5.73 Å². The summed E-state index contributed by atoms with van der Waals surface area (Å²) in [6.07, 6.45) is -11.5. The highest BCUT2D eigenvalue weighted by Crippen LogP contribution is 2.34. The fourth-order valence-electron chi connectivity index (χ4n) is 1.29. The van der Waals surface area contributed by atoms with Crippen LogP contribution in [0.3, 0.4) is 0 Å². The molecule has 0 aliphatic carbocycles. The molecule has 1 aromatic carbocycles. The SMILES string of the molecule is CC(OCc1ccc(N)cc1C(F)(F)F)C(F)(F)F. The van der Waals surface area contributed by atoms with Gasteiger partial charge < -0.3 is 10.5 Å². The number of hydrogen-bond acceptors (Lipinski definition) is 2. The molecule has 1 rings (SSSR count). The molecule has 8 heteroatoms. The average molecular weight is 287 g/mol. The normalized spacial score (nSPS) is 14.5. The van der Waals surface area contributed by atoms with Crippen molar-refractivity contribution in [2.45, 2.75) is 32.0 Å². The van der Waals surface area contributed by atoms with Crippen molar-refractivity contribution in [3.8, 4) is 0 Å². The number of rotatable bonds is 3. The first-order chi connectivity index (χ1) is 8.51. The molecule has 0 bridgehead atoms. The molecule has 1 unspecified atom stereocenters. The number of nitrogen functional groups attached to an aromatic ring is 1. The van der Waals surface area contributed by atoms with E-state index in [1.54, 1.807) is 0 Å². The second kappa shape index (κ2) is 5.28. The summed E-state index contributed by atoms with van der Waals surface area (Å²) in [5.41, 5.74) is 3.62. The molecule has 1 atom stereocenters. The van der Waals surface area contributed by atoms with E-state index >= 15 is 0 Å². The third-order valence-electron chi connectivity index (χ3n) is 2.39. The first kappa shape index (κ1) is 15.6. The Labute approximate surface area is 105 Å². The van der Waals surface area contributed by atoms with Gasteiger partial charge in [-0.2, -0.15) is 26.3 Å². The number of hydrogen-bond donors (Lipinski definition) is 1. The number of benzene rings is 1. The van der Waals surface area contributed by atoms with Gasteiger partial charge in [-0.25, -0.2) is 0 Å². The van der Waals surface area contributed by atoms with E-state index in [0.29, 0.717) is 6.07 Å². The number of anilines is 1. The third kappa shape index (κ3) is 4.30. The predicted molar refractivity (Wildman–Crippen MR) is 56.2 cm³/mol. The van der Waals surface area contributed by atoms with Crippen molar-refractivity contribution < 1.29 is 31.1 Å². The van der Waals surface area contributed by atoms with Gasteiger partial charge in [0.25, 0.3) is 0 Å². The molecule has 0 spiro atoms. The smallest absolute Gasteiger partial charge is 0.399 e. The van der Waals surface area contributed by atoms with E-state index in [1.165, 1.54) is 6.07 Å². The Balaban J connectivity index is 2.90. The van der Waals surface area contributed by atoms with Gasteiger partial charge in [0.05, 0.1) is 12.2 Å². The highest BCUT2D eigenvalue weighted by atomic mass is 19.4. The highest BCUT2D eigenvalue weighted by Gasteiger charge is 2.38. The van der Waals surface area contributed by atoms with Crippen LogP contribution in [-0.4, -0.2) is 12.3 Å². The Kier molecular flexibility index (Phi) is 4.34. The van der Waals surface area contributed by atoms with E-state index in [2.05, 4.69) is 4.74 Å². The second-order valence-corrected chi connectivity index (χ2v) is 3.91. The second-order valence-electron chi connectivity index (χ2n) is 3.91. The Morgan fingerprint density at radius 3 is 2.21 bits per heavy atom. The lowest BCUT2D eigenvalue weighted by Gasteiger charge is -2.18. The topological polar surface area (TPSA) is 35.2 Å². The van der Waals surface area contributed by atoms with Gasteiger partial charge in [-0.15, -0.1) is 0 Å². The lowest BCUT2D eigenvalue weighted by molar-refractivity contribution is -0.217. The molecule has 0 saturated carbocycles. The van der Waals surface area contributed by atoms with Crippen LogP contribution in [-0.2, 0) is 17.5 Å². The van der Waals surface area contributed by atoms with Crippen molar-refractivity contribution in [1.29, 1.82) is 0 Å². The summed E-state index contributed by atoms with van der Waals surface area (Å²) < 4.78 is 78.9. The molecule has 2 nitrogen and oxygen atoms in total. The van der Waals surface area contributed by atoms with E-state index in [0.717, 1.165) is 13.0 Å². The zero-order valence-corrected chi connectivity index (χ0v) is 9.77. The van der Waals surface area contributed by atoms with Crippen molar-refractivity contribution in [1.82, 2.24) is 0 Å². The Morgan fingerprint density at radius 2 is 1.74 bits per heavy atom. The number of ether oxygens (including phenoxy) is 1. The molecular formula is C11H11F6NO. The van der Waals surface area contributed by atoms with Crippen LogP contribution in [0.15, 0.2) is 18.2 Å². The average Bonchev–Trinajstić information content (AvgIpc) is 2.24. The van der Waals surface area contributed by atoms with Gasteiger partial charge >= 0.3 is 12.4 Å². The van der Waals surface area contributed by atoms with Gasteiger partial charge in [-0.05, 0) is 24.6 Å². The van der Waals surface area contributed by atoms with Gasteiger partial charge in [-0.1, -0.05) is 6.07 Å². The lowest BCUT2D eigenvalue weighted by atomic mass is 10.1. The van der Waals surface area contributed by atoms with Crippen molar-refractivity contribution in [2.24, 2.45) is 0 Å². The molecule has 2 N–H and O–H groups in total. The van der Waals surface area contributed by atoms with E-state index in [4.69, 9.17) is 5.73 Å². The van der Waals surface area contributed by atoms with Crippen LogP contribution in [0, 0.1) is 0 Å². The first-order valence-corrected chi connectivity index (χ1v) is 5.15. The van der Waals surface area contributed by atoms with Crippen LogP contribution in [0.4, 0.5) is 32.0 Å². The molecule has 0 heterocycles. The van der Waals surface area contributed by atoms with Crippen molar-refractivity contribution >= 4 is 5.69 Å². The maximum atomic E-state index is 12.7. The number of alkyl halides is 6. The van der Waals surface area contributed by atoms with Crippen molar-refractivity contribution in [3.63, 3.8) is 0 Å². The minimum Gasteiger partial charge on any atom is -0.399 e. The van der Waals surface area contributed by atoms with Gasteiger partial charge in [-0.3, -0.25) is 0 Å². The summed E-state index contributed by atoms with van der Waals surface area (Å²) in [4.78, 5) is 0. The van der Waals surface area contributed by atoms with E-state index in [1.807, 2.05) is 0 Å². The largest absolute Gasteiger partial charge is 0.416 e. The Bertz CT molecular complexity index is 440. The summed E-state index contributed by atoms with van der Waals surface area (Å²) in [5, 5.41) is 0. The van der Waals surface area contributed by atoms with E-state index < -0.39 is 36.2 Å².